The van der Waals surface area contributed by atoms with Crippen molar-refractivity contribution in [2.45, 2.75) is 0 Å². The second-order valence-electron chi connectivity index (χ2n) is 3.23. The predicted molar refractivity (Wildman–Crippen MR) is 55.1 cm³/mol. The molecule has 0 bridgehead atoms. The van der Waals surface area contributed by atoms with Crippen molar-refractivity contribution in [3.05, 3.63) is 42.2 Å². The SMILES string of the molecule is O=C(O)Nc1cnn(-c2cc(F)cc(F)c2)c1. The van der Waals surface area contributed by atoms with Crippen molar-refractivity contribution in [2.24, 2.45) is 0 Å². The number of aromatic nitrogens is 2. The summed E-state index contributed by atoms with van der Waals surface area (Å²) in [6.07, 6.45) is 1.30. The average molecular weight is 239 g/mol. The number of rotatable bonds is 2. The molecule has 0 saturated carbocycles. The highest BCUT2D eigenvalue weighted by molar-refractivity contribution is 5.82. The van der Waals surface area contributed by atoms with Crippen LogP contribution in [0.3, 0.4) is 0 Å². The molecule has 0 aliphatic rings. The summed E-state index contributed by atoms with van der Waals surface area (Å²) in [5.74, 6) is -1.47. The first-order valence-corrected chi connectivity index (χ1v) is 4.56. The van der Waals surface area contributed by atoms with Crippen LogP contribution < -0.4 is 5.32 Å². The quantitative estimate of drug-likeness (QED) is 0.844. The van der Waals surface area contributed by atoms with E-state index in [-0.39, 0.29) is 11.4 Å². The molecule has 0 spiro atoms. The fourth-order valence-corrected chi connectivity index (χ4v) is 1.32. The standard InChI is InChI=1S/C10H7F2N3O2/c11-6-1-7(12)3-9(2-6)15-5-8(4-13-15)14-10(16)17/h1-5,14H,(H,16,17). The van der Waals surface area contributed by atoms with Gasteiger partial charge in [-0.3, -0.25) is 5.32 Å². The van der Waals surface area contributed by atoms with Gasteiger partial charge in [0.25, 0.3) is 0 Å². The van der Waals surface area contributed by atoms with Gasteiger partial charge in [0.05, 0.1) is 23.8 Å². The number of nitrogens with one attached hydrogen (secondary N) is 1. The lowest BCUT2D eigenvalue weighted by molar-refractivity contribution is 0.209. The molecule has 1 heterocycles. The van der Waals surface area contributed by atoms with Crippen molar-refractivity contribution in [3.63, 3.8) is 0 Å². The van der Waals surface area contributed by atoms with Gasteiger partial charge in [0.2, 0.25) is 0 Å². The third kappa shape index (κ3) is 2.57. The van der Waals surface area contributed by atoms with E-state index in [0.717, 1.165) is 22.9 Å². The Kier molecular flexibility index (Phi) is 2.73. The third-order valence-electron chi connectivity index (χ3n) is 1.95. The summed E-state index contributed by atoms with van der Waals surface area (Å²) < 4.78 is 27.0. The van der Waals surface area contributed by atoms with Crippen LogP contribution in [0.4, 0.5) is 19.3 Å². The number of anilines is 1. The first kappa shape index (κ1) is 11.1. The Labute approximate surface area is 94.3 Å². The number of hydrogen-bond acceptors (Lipinski definition) is 2. The molecule has 0 aliphatic carbocycles. The van der Waals surface area contributed by atoms with Crippen LogP contribution in [0, 0.1) is 11.6 Å². The molecule has 2 rings (SSSR count). The zero-order valence-corrected chi connectivity index (χ0v) is 8.39. The number of carboxylic acid groups (broad SMARTS) is 1. The van der Waals surface area contributed by atoms with Crippen LogP contribution in [0.25, 0.3) is 5.69 Å². The molecule has 2 N–H and O–H groups in total. The van der Waals surface area contributed by atoms with E-state index >= 15 is 0 Å². The van der Waals surface area contributed by atoms with E-state index in [1.54, 1.807) is 0 Å². The Morgan fingerprint density at radius 3 is 2.53 bits per heavy atom. The molecular weight excluding hydrogens is 232 g/mol. The van der Waals surface area contributed by atoms with Gasteiger partial charge in [-0.2, -0.15) is 5.10 Å². The van der Waals surface area contributed by atoms with E-state index < -0.39 is 17.7 Å². The summed E-state index contributed by atoms with van der Waals surface area (Å²) >= 11 is 0. The summed E-state index contributed by atoms with van der Waals surface area (Å²) in [5.41, 5.74) is 0.378. The van der Waals surface area contributed by atoms with E-state index in [2.05, 4.69) is 10.4 Å². The van der Waals surface area contributed by atoms with Gasteiger partial charge >= 0.3 is 6.09 Å². The summed E-state index contributed by atoms with van der Waals surface area (Å²) in [6, 6.07) is 2.91. The zero-order valence-electron chi connectivity index (χ0n) is 8.39. The number of benzene rings is 1. The molecule has 0 unspecified atom stereocenters. The van der Waals surface area contributed by atoms with Crippen LogP contribution >= 0.6 is 0 Å². The normalized spacial score (nSPS) is 10.2. The summed E-state index contributed by atoms with van der Waals surface area (Å²) in [5, 5.41) is 14.3. The average Bonchev–Trinajstić information content (AvgIpc) is 2.63. The maximum Gasteiger partial charge on any atom is 0.409 e. The molecule has 88 valence electrons. The van der Waals surface area contributed by atoms with Gasteiger partial charge in [0.1, 0.15) is 11.6 Å². The third-order valence-corrected chi connectivity index (χ3v) is 1.95. The predicted octanol–water partition coefficient (Wildman–Crippen LogP) is 2.24. The summed E-state index contributed by atoms with van der Waals surface area (Å²) in [7, 11) is 0. The molecule has 2 aromatic rings. The Bertz CT molecular complexity index is 548. The van der Waals surface area contributed by atoms with E-state index in [1.807, 2.05) is 0 Å². The summed E-state index contributed by atoms with van der Waals surface area (Å²) in [4.78, 5) is 10.4. The lowest BCUT2D eigenvalue weighted by Crippen LogP contribution is -2.06. The van der Waals surface area contributed by atoms with Gasteiger partial charge in [0, 0.05) is 6.07 Å². The largest absolute Gasteiger partial charge is 0.465 e. The number of carbonyl (C=O) groups is 1. The smallest absolute Gasteiger partial charge is 0.409 e. The second-order valence-corrected chi connectivity index (χ2v) is 3.23. The Hall–Kier alpha value is -2.44. The van der Waals surface area contributed by atoms with Gasteiger partial charge in [-0.15, -0.1) is 0 Å². The molecule has 7 heteroatoms. The first-order valence-electron chi connectivity index (χ1n) is 4.56. The number of hydrogen-bond donors (Lipinski definition) is 2. The van der Waals surface area contributed by atoms with Crippen LogP contribution in [0.2, 0.25) is 0 Å². The zero-order chi connectivity index (χ0) is 12.4. The van der Waals surface area contributed by atoms with Crippen LogP contribution in [0.5, 0.6) is 0 Å². The number of amides is 1. The Balaban J connectivity index is 2.33. The lowest BCUT2D eigenvalue weighted by atomic mass is 10.3. The maximum atomic E-state index is 12.9. The molecule has 1 aromatic carbocycles. The first-order chi connectivity index (χ1) is 8.04. The highest BCUT2D eigenvalue weighted by Gasteiger charge is 2.06. The molecule has 0 atom stereocenters. The Morgan fingerprint density at radius 1 is 1.29 bits per heavy atom. The minimum absolute atomic E-state index is 0.168. The number of halogens is 2. The maximum absolute atomic E-state index is 12.9. The molecule has 17 heavy (non-hydrogen) atoms. The summed E-state index contributed by atoms with van der Waals surface area (Å²) in [6.45, 7) is 0. The van der Waals surface area contributed by atoms with Gasteiger partial charge in [-0.05, 0) is 12.1 Å². The van der Waals surface area contributed by atoms with Crippen molar-refractivity contribution in [1.82, 2.24) is 9.78 Å². The molecular formula is C10H7F2N3O2. The highest BCUT2D eigenvalue weighted by Crippen LogP contribution is 2.14. The monoisotopic (exact) mass is 239 g/mol. The van der Waals surface area contributed by atoms with E-state index in [0.29, 0.717) is 0 Å². The van der Waals surface area contributed by atoms with Crippen molar-refractivity contribution >= 4 is 11.8 Å². The van der Waals surface area contributed by atoms with Crippen LogP contribution in [0.1, 0.15) is 0 Å². The van der Waals surface area contributed by atoms with Crippen molar-refractivity contribution in [2.75, 3.05) is 5.32 Å². The minimum atomic E-state index is -1.24. The molecule has 0 radical (unpaired) electrons. The van der Waals surface area contributed by atoms with Crippen molar-refractivity contribution < 1.29 is 18.7 Å². The molecule has 1 aromatic heterocycles. The van der Waals surface area contributed by atoms with E-state index in [4.69, 9.17) is 5.11 Å². The van der Waals surface area contributed by atoms with Crippen molar-refractivity contribution in [3.8, 4) is 5.69 Å². The van der Waals surface area contributed by atoms with Gasteiger partial charge < -0.3 is 5.11 Å². The van der Waals surface area contributed by atoms with E-state index in [9.17, 15) is 13.6 Å². The second kappa shape index (κ2) is 4.20. The minimum Gasteiger partial charge on any atom is -0.465 e. The molecule has 1 amide bonds. The van der Waals surface area contributed by atoms with Crippen LogP contribution in [-0.2, 0) is 0 Å². The van der Waals surface area contributed by atoms with E-state index in [1.165, 1.54) is 12.4 Å². The fraction of sp³-hybridized carbons (Fsp3) is 0. The van der Waals surface area contributed by atoms with Crippen LogP contribution in [0.15, 0.2) is 30.6 Å². The number of nitrogens with zero attached hydrogens (tertiary/aromatic N) is 2. The lowest BCUT2D eigenvalue weighted by Gasteiger charge is -2.01. The molecule has 5 nitrogen and oxygen atoms in total. The van der Waals surface area contributed by atoms with Crippen LogP contribution in [-0.4, -0.2) is 21.0 Å². The topological polar surface area (TPSA) is 67.2 Å². The molecule has 0 saturated heterocycles. The molecule has 0 aliphatic heterocycles. The highest BCUT2D eigenvalue weighted by atomic mass is 19.1. The van der Waals surface area contributed by atoms with Crippen molar-refractivity contribution in [1.29, 1.82) is 0 Å². The Morgan fingerprint density at radius 2 is 1.94 bits per heavy atom. The van der Waals surface area contributed by atoms with Gasteiger partial charge in [-0.25, -0.2) is 18.3 Å². The molecule has 0 fully saturated rings. The van der Waals surface area contributed by atoms with Gasteiger partial charge in [0.15, 0.2) is 0 Å². The van der Waals surface area contributed by atoms with Gasteiger partial charge in [-0.1, -0.05) is 0 Å². The fourth-order valence-electron chi connectivity index (χ4n) is 1.32.